The smallest absolute Gasteiger partial charge is 0.349 e. The van der Waals surface area contributed by atoms with Crippen LogP contribution in [0.3, 0.4) is 0 Å². The highest BCUT2D eigenvalue weighted by Crippen LogP contribution is 2.29. The number of hydrogen-bond donors (Lipinski definition) is 1. The van der Waals surface area contributed by atoms with E-state index < -0.39 is 12.1 Å². The first-order valence-corrected chi connectivity index (χ1v) is 7.08. The SMILES string of the molecule is COC(=O)c1cnc(NC(=O)[C@H]2Cc3ccccc3O2)s1. The van der Waals surface area contributed by atoms with Crippen LogP contribution in [0.1, 0.15) is 15.2 Å². The lowest BCUT2D eigenvalue weighted by molar-refractivity contribution is -0.122. The van der Waals surface area contributed by atoms with Gasteiger partial charge >= 0.3 is 5.97 Å². The van der Waals surface area contributed by atoms with Gasteiger partial charge in [-0.05, 0) is 11.6 Å². The molecule has 1 aliphatic rings. The van der Waals surface area contributed by atoms with Gasteiger partial charge in [0, 0.05) is 6.42 Å². The van der Waals surface area contributed by atoms with Crippen LogP contribution in [-0.4, -0.2) is 30.1 Å². The summed E-state index contributed by atoms with van der Waals surface area (Å²) in [5.41, 5.74) is 1.01. The number of carbonyl (C=O) groups excluding carboxylic acids is 2. The van der Waals surface area contributed by atoms with E-state index in [1.807, 2.05) is 24.3 Å². The number of methoxy groups -OCH3 is 1. The van der Waals surface area contributed by atoms with E-state index in [4.69, 9.17) is 4.74 Å². The Morgan fingerprint density at radius 1 is 1.43 bits per heavy atom. The van der Waals surface area contributed by atoms with E-state index in [0.29, 0.717) is 16.4 Å². The van der Waals surface area contributed by atoms with E-state index in [2.05, 4.69) is 15.0 Å². The number of hydrogen-bond acceptors (Lipinski definition) is 6. The molecule has 1 amide bonds. The number of rotatable bonds is 3. The zero-order valence-corrected chi connectivity index (χ0v) is 12.0. The molecule has 0 spiro atoms. The number of carbonyl (C=O) groups is 2. The normalized spacial score (nSPS) is 16.0. The predicted molar refractivity (Wildman–Crippen MR) is 76.6 cm³/mol. The third-order valence-corrected chi connectivity index (χ3v) is 3.95. The van der Waals surface area contributed by atoms with Crippen molar-refractivity contribution in [3.63, 3.8) is 0 Å². The molecular weight excluding hydrogens is 292 g/mol. The molecule has 0 unspecified atom stereocenters. The molecule has 0 fully saturated rings. The van der Waals surface area contributed by atoms with Gasteiger partial charge in [0.2, 0.25) is 0 Å². The molecule has 0 aliphatic carbocycles. The van der Waals surface area contributed by atoms with Gasteiger partial charge in [0.15, 0.2) is 11.2 Å². The molecule has 0 radical (unpaired) electrons. The van der Waals surface area contributed by atoms with Gasteiger partial charge in [-0.1, -0.05) is 29.5 Å². The van der Waals surface area contributed by atoms with Gasteiger partial charge in [0.1, 0.15) is 10.6 Å². The van der Waals surface area contributed by atoms with Crippen LogP contribution in [0.15, 0.2) is 30.5 Å². The molecule has 2 heterocycles. The summed E-state index contributed by atoms with van der Waals surface area (Å²) in [4.78, 5) is 27.8. The number of benzene rings is 1. The standard InChI is InChI=1S/C14H12N2O4S/c1-19-13(18)11-7-15-14(21-11)16-12(17)10-6-8-4-2-3-5-9(8)20-10/h2-5,7,10H,6H2,1H3,(H,15,16,17)/t10-/m1/s1. The molecule has 0 bridgehead atoms. The Morgan fingerprint density at radius 3 is 3.00 bits per heavy atom. The highest BCUT2D eigenvalue weighted by molar-refractivity contribution is 7.17. The van der Waals surface area contributed by atoms with E-state index in [-0.39, 0.29) is 5.91 Å². The molecule has 1 aromatic heterocycles. The van der Waals surface area contributed by atoms with Gasteiger partial charge in [-0.15, -0.1) is 0 Å². The molecule has 108 valence electrons. The van der Waals surface area contributed by atoms with E-state index >= 15 is 0 Å². The van der Waals surface area contributed by atoms with E-state index in [0.717, 1.165) is 22.6 Å². The first-order valence-electron chi connectivity index (χ1n) is 6.27. The predicted octanol–water partition coefficient (Wildman–Crippen LogP) is 1.87. The maximum Gasteiger partial charge on any atom is 0.349 e. The van der Waals surface area contributed by atoms with Crippen LogP contribution >= 0.6 is 11.3 Å². The van der Waals surface area contributed by atoms with Gasteiger partial charge in [-0.25, -0.2) is 9.78 Å². The zero-order valence-electron chi connectivity index (χ0n) is 11.2. The van der Waals surface area contributed by atoms with Crippen LogP contribution in [-0.2, 0) is 16.0 Å². The summed E-state index contributed by atoms with van der Waals surface area (Å²) in [6.45, 7) is 0. The van der Waals surface area contributed by atoms with Crippen molar-refractivity contribution in [1.82, 2.24) is 4.98 Å². The van der Waals surface area contributed by atoms with E-state index in [9.17, 15) is 9.59 Å². The van der Waals surface area contributed by atoms with Crippen LogP contribution in [0, 0.1) is 0 Å². The van der Waals surface area contributed by atoms with Crippen LogP contribution < -0.4 is 10.1 Å². The number of para-hydroxylation sites is 1. The van der Waals surface area contributed by atoms with E-state index in [1.54, 1.807) is 0 Å². The first-order chi connectivity index (χ1) is 10.2. The Labute approximate surface area is 124 Å². The van der Waals surface area contributed by atoms with Gasteiger partial charge in [0.05, 0.1) is 13.3 Å². The lowest BCUT2D eigenvalue weighted by atomic mass is 10.1. The maximum atomic E-state index is 12.1. The maximum absolute atomic E-state index is 12.1. The number of amides is 1. The number of fused-ring (bicyclic) bond motifs is 1. The molecule has 0 saturated carbocycles. The Morgan fingerprint density at radius 2 is 2.24 bits per heavy atom. The Bertz CT molecular complexity index is 673. The van der Waals surface area contributed by atoms with E-state index in [1.165, 1.54) is 13.3 Å². The van der Waals surface area contributed by atoms with Gasteiger partial charge in [-0.2, -0.15) is 0 Å². The molecule has 21 heavy (non-hydrogen) atoms. The van der Waals surface area contributed by atoms with Crippen molar-refractivity contribution in [2.75, 3.05) is 12.4 Å². The summed E-state index contributed by atoms with van der Waals surface area (Å²) >= 11 is 1.06. The van der Waals surface area contributed by atoms with Crippen LogP contribution in [0.4, 0.5) is 5.13 Å². The van der Waals surface area contributed by atoms with Crippen LogP contribution in [0.2, 0.25) is 0 Å². The van der Waals surface area contributed by atoms with Crippen molar-refractivity contribution in [3.05, 3.63) is 40.9 Å². The molecule has 1 aromatic carbocycles. The first kappa shape index (κ1) is 13.6. The molecule has 1 aliphatic heterocycles. The van der Waals surface area contributed by atoms with Gasteiger partial charge < -0.3 is 9.47 Å². The average molecular weight is 304 g/mol. The van der Waals surface area contributed by atoms with Gasteiger partial charge in [-0.3, -0.25) is 10.1 Å². The fourth-order valence-corrected chi connectivity index (χ4v) is 2.78. The van der Waals surface area contributed by atoms with Crippen molar-refractivity contribution in [1.29, 1.82) is 0 Å². The molecule has 7 heteroatoms. The summed E-state index contributed by atoms with van der Waals surface area (Å²) in [6, 6.07) is 7.54. The zero-order chi connectivity index (χ0) is 14.8. The quantitative estimate of drug-likeness (QED) is 0.876. The lowest BCUT2D eigenvalue weighted by Gasteiger charge is -2.09. The molecule has 1 atom stereocenters. The largest absolute Gasteiger partial charge is 0.480 e. The number of nitrogens with zero attached hydrogens (tertiary/aromatic N) is 1. The fourth-order valence-electron chi connectivity index (χ4n) is 2.04. The number of aromatic nitrogens is 1. The molecule has 2 aromatic rings. The summed E-state index contributed by atoms with van der Waals surface area (Å²) in [7, 11) is 1.30. The second kappa shape index (κ2) is 5.53. The molecule has 6 nitrogen and oxygen atoms in total. The Hall–Kier alpha value is -2.41. The van der Waals surface area contributed by atoms with Crippen molar-refractivity contribution in [2.45, 2.75) is 12.5 Å². The number of anilines is 1. The second-order valence-corrected chi connectivity index (χ2v) is 5.46. The highest BCUT2D eigenvalue weighted by atomic mass is 32.1. The number of ether oxygens (including phenoxy) is 2. The Kier molecular flexibility index (Phi) is 3.57. The number of esters is 1. The lowest BCUT2D eigenvalue weighted by Crippen LogP contribution is -2.31. The number of nitrogens with one attached hydrogen (secondary N) is 1. The third kappa shape index (κ3) is 2.73. The summed E-state index contributed by atoms with van der Waals surface area (Å²) < 4.78 is 10.2. The minimum atomic E-state index is -0.576. The van der Waals surface area contributed by atoms with Crippen molar-refractivity contribution in [2.24, 2.45) is 0 Å². The second-order valence-electron chi connectivity index (χ2n) is 4.43. The van der Waals surface area contributed by atoms with Crippen molar-refractivity contribution < 1.29 is 19.1 Å². The van der Waals surface area contributed by atoms with Crippen molar-refractivity contribution in [3.8, 4) is 5.75 Å². The minimum absolute atomic E-state index is 0.281. The number of thiazole rings is 1. The summed E-state index contributed by atoms with van der Waals surface area (Å²) in [5, 5.41) is 3.00. The monoisotopic (exact) mass is 304 g/mol. The van der Waals surface area contributed by atoms with Crippen molar-refractivity contribution >= 4 is 28.3 Å². The summed E-state index contributed by atoms with van der Waals surface area (Å²) in [5.74, 6) is -0.0264. The third-order valence-electron chi connectivity index (χ3n) is 3.06. The highest BCUT2D eigenvalue weighted by Gasteiger charge is 2.29. The fraction of sp³-hybridized carbons (Fsp3) is 0.214. The molecule has 3 rings (SSSR count). The Balaban J connectivity index is 1.65. The van der Waals surface area contributed by atoms with Gasteiger partial charge in [0.25, 0.3) is 5.91 Å². The van der Waals surface area contributed by atoms with Crippen LogP contribution in [0.25, 0.3) is 0 Å². The summed E-state index contributed by atoms with van der Waals surface area (Å²) in [6.07, 6.45) is 1.32. The molecular formula is C14H12N2O4S. The molecule has 0 saturated heterocycles. The minimum Gasteiger partial charge on any atom is -0.480 e. The average Bonchev–Trinajstić information content (AvgIpc) is 3.12. The topological polar surface area (TPSA) is 77.5 Å². The van der Waals surface area contributed by atoms with Crippen LogP contribution in [0.5, 0.6) is 5.75 Å². The molecule has 1 N–H and O–H groups in total.